The van der Waals surface area contributed by atoms with Gasteiger partial charge in [-0.1, -0.05) is 116 Å². The van der Waals surface area contributed by atoms with Gasteiger partial charge in [0.05, 0.1) is 19.5 Å². The minimum atomic E-state index is -1.88. The Bertz CT molecular complexity index is 3090. The second-order valence-electron chi connectivity index (χ2n) is 17.9. The molecule has 4 aromatic heterocycles. The van der Waals surface area contributed by atoms with Gasteiger partial charge in [0, 0.05) is 55.9 Å². The summed E-state index contributed by atoms with van der Waals surface area (Å²) in [5.74, 6) is 1.70. The Morgan fingerprint density at radius 1 is 0.603 bits per heavy atom. The second kappa shape index (κ2) is 15.1. The van der Waals surface area contributed by atoms with Crippen molar-refractivity contribution in [3.63, 3.8) is 0 Å². The fourth-order valence-corrected chi connectivity index (χ4v) is 7.13. The van der Waals surface area contributed by atoms with Crippen LogP contribution in [0.25, 0.3) is 50.3 Å². The van der Waals surface area contributed by atoms with E-state index in [0.29, 0.717) is 28.6 Å². The first-order valence-corrected chi connectivity index (χ1v) is 19.7. The summed E-state index contributed by atoms with van der Waals surface area (Å²) in [6.45, 7) is 16.4. The van der Waals surface area contributed by atoms with Crippen molar-refractivity contribution in [2.45, 2.75) is 81.4 Å². The summed E-state index contributed by atoms with van der Waals surface area (Å²) >= 11 is 0. The van der Waals surface area contributed by atoms with Crippen LogP contribution < -0.4 is 9.30 Å². The molecule has 0 aliphatic carbocycles. The molecule has 4 heterocycles. The maximum atomic E-state index is 9.10. The van der Waals surface area contributed by atoms with Crippen molar-refractivity contribution in [1.29, 1.82) is 0 Å². The van der Waals surface area contributed by atoms with Crippen LogP contribution in [0.2, 0.25) is 0 Å². The highest BCUT2D eigenvalue weighted by Crippen LogP contribution is 2.38. The highest BCUT2D eigenvalue weighted by molar-refractivity contribution is 6.10. The van der Waals surface area contributed by atoms with Crippen molar-refractivity contribution < 1.29 is 20.3 Å². The molecule has 0 fully saturated rings. The average molecular weight is 774 g/mol. The lowest BCUT2D eigenvalue weighted by Crippen LogP contribution is -2.29. The lowest BCUT2D eigenvalue weighted by Gasteiger charge is -2.22. The van der Waals surface area contributed by atoms with E-state index in [1.807, 2.05) is 67.8 Å². The van der Waals surface area contributed by atoms with Gasteiger partial charge in [-0.05, 0) is 107 Å². The quantitative estimate of drug-likeness (QED) is 0.108. The lowest BCUT2D eigenvalue weighted by molar-refractivity contribution is -0.599. The van der Waals surface area contributed by atoms with Crippen LogP contribution in [0.15, 0.2) is 134 Å². The molecule has 0 aliphatic heterocycles. The second-order valence-corrected chi connectivity index (χ2v) is 17.9. The normalized spacial score (nSPS) is 15.2. The number of hydrogen-bond donors (Lipinski definition) is 0. The fourth-order valence-electron chi connectivity index (χ4n) is 7.13. The molecule has 0 aliphatic rings. The molecular formula is C52H55N5O. The molecule has 58 heavy (non-hydrogen) atoms. The van der Waals surface area contributed by atoms with Crippen LogP contribution in [-0.4, -0.2) is 19.1 Å². The molecule has 6 heteroatoms. The first-order chi connectivity index (χ1) is 30.7. The Balaban J connectivity index is 1.21. The number of hydrogen-bond acceptors (Lipinski definition) is 3. The molecule has 8 aromatic rings. The highest BCUT2D eigenvalue weighted by atomic mass is 16.5. The van der Waals surface area contributed by atoms with E-state index in [2.05, 4.69) is 41.6 Å². The van der Waals surface area contributed by atoms with Gasteiger partial charge in [0.25, 0.3) is 6.33 Å². The van der Waals surface area contributed by atoms with Gasteiger partial charge in [-0.3, -0.25) is 18.7 Å². The van der Waals surface area contributed by atoms with E-state index in [0.717, 1.165) is 32.9 Å². The number of pyridine rings is 2. The van der Waals surface area contributed by atoms with Gasteiger partial charge in [0.2, 0.25) is 0 Å². The molecule has 0 amide bonds. The maximum Gasteiger partial charge on any atom is 0.270 e. The Labute approximate surface area is 355 Å². The van der Waals surface area contributed by atoms with Gasteiger partial charge in [0.15, 0.2) is 5.82 Å². The van der Waals surface area contributed by atoms with Crippen molar-refractivity contribution >= 4 is 21.8 Å². The Morgan fingerprint density at radius 3 is 1.97 bits per heavy atom. The summed E-state index contributed by atoms with van der Waals surface area (Å²) < 4.78 is 83.8. The smallest absolute Gasteiger partial charge is 0.270 e. The van der Waals surface area contributed by atoms with Crippen LogP contribution in [0.3, 0.4) is 0 Å². The molecule has 0 spiro atoms. The van der Waals surface area contributed by atoms with Crippen molar-refractivity contribution in [2.75, 3.05) is 0 Å². The molecule has 0 bridgehead atoms. The van der Waals surface area contributed by atoms with Gasteiger partial charge < -0.3 is 4.74 Å². The number of imidazole rings is 1. The summed E-state index contributed by atoms with van der Waals surface area (Å²) in [5, 5.41) is 1.94. The number of rotatable bonds is 9. The van der Waals surface area contributed by atoms with Crippen LogP contribution in [0, 0.1) is 22.6 Å². The van der Waals surface area contributed by atoms with Gasteiger partial charge in [0.1, 0.15) is 17.3 Å². The Morgan fingerprint density at radius 2 is 1.26 bits per heavy atom. The minimum Gasteiger partial charge on any atom is -0.458 e. The first kappa shape index (κ1) is 30.1. The van der Waals surface area contributed by atoms with Gasteiger partial charge in [-0.15, -0.1) is 0 Å². The SMILES string of the molecule is [2H]c1c([2H])[n+](-c2cc(C([2H])([2H])C(C)(C)C)cc(C([2H])([2H])C(C)(C)C)c2)[c-]n1-c1cc(Oc2ccc3c4cc(-c5ccccc5)ccc4n(-c4cc(C([2H])([2H])C(C)(C)C)ccn4)c3c2)ccn1. The highest BCUT2D eigenvalue weighted by Gasteiger charge is 2.19. The molecular weight excluding hydrogens is 711 g/mol. The molecule has 4 aromatic carbocycles. The Kier molecular flexibility index (Phi) is 7.82. The van der Waals surface area contributed by atoms with Crippen LogP contribution in [0.1, 0.15) is 90.0 Å². The third kappa shape index (κ3) is 8.92. The molecule has 6 nitrogen and oxygen atoms in total. The third-order valence-electron chi connectivity index (χ3n) is 9.21. The van der Waals surface area contributed by atoms with E-state index < -0.39 is 35.4 Å². The lowest BCUT2D eigenvalue weighted by atomic mass is 9.84. The number of benzene rings is 4. The summed E-state index contributed by atoms with van der Waals surface area (Å²) in [5.41, 5.74) is 2.78. The topological polar surface area (TPSA) is 48.8 Å². The number of ether oxygens (including phenoxy) is 1. The van der Waals surface area contributed by atoms with E-state index in [1.54, 1.807) is 90.3 Å². The molecule has 294 valence electrons. The Hall–Kier alpha value is -6.01. The van der Waals surface area contributed by atoms with Crippen LogP contribution in [0.5, 0.6) is 11.5 Å². The molecule has 0 atom stereocenters. The van der Waals surface area contributed by atoms with Crippen LogP contribution >= 0.6 is 0 Å². The standard InChI is InChI=1S/C52H55N5O/c1-50(2,3)32-36-19-21-54-49(28-36)57-46-18-15-40(39-13-11-10-12-14-39)29-45(46)44-17-16-42(30-47(44)57)58-43-20-22-53-48(31-43)56-24-23-55(35-56)41-26-37(33-51(4,5)6)25-38(27-41)34-52(7,8)9/h10-31H,32-34H2,1-9H3/i23D,24D,32D2,33D2,34D2. The van der Waals surface area contributed by atoms with Crippen molar-refractivity contribution in [2.24, 2.45) is 16.2 Å². The zero-order valence-electron chi connectivity index (χ0n) is 42.7. The fraction of sp³-hybridized carbons (Fsp3) is 0.288. The first-order valence-electron chi connectivity index (χ1n) is 23.7. The van der Waals surface area contributed by atoms with Crippen molar-refractivity contribution in [3.8, 4) is 39.9 Å². The third-order valence-corrected chi connectivity index (χ3v) is 9.21. The summed E-state index contributed by atoms with van der Waals surface area (Å²) in [4.78, 5) is 9.30. The average Bonchev–Trinajstić information content (AvgIpc) is 3.74. The molecule has 0 saturated heterocycles. The number of aromatic nitrogens is 5. The molecule has 0 radical (unpaired) electrons. The van der Waals surface area contributed by atoms with E-state index in [9.17, 15) is 0 Å². The van der Waals surface area contributed by atoms with Gasteiger partial charge >= 0.3 is 0 Å². The molecule has 0 saturated carbocycles. The zero-order chi connectivity index (χ0) is 47.9. The predicted molar refractivity (Wildman–Crippen MR) is 237 cm³/mol. The van der Waals surface area contributed by atoms with Gasteiger partial charge in [-0.2, -0.15) is 0 Å². The monoisotopic (exact) mass is 773 g/mol. The van der Waals surface area contributed by atoms with Crippen molar-refractivity contribution in [1.82, 2.24) is 19.1 Å². The van der Waals surface area contributed by atoms with Gasteiger partial charge in [-0.25, -0.2) is 4.98 Å². The molecule has 8 rings (SSSR count). The van der Waals surface area contributed by atoms with E-state index in [4.69, 9.17) is 20.7 Å². The minimum absolute atomic E-state index is 0.240. The summed E-state index contributed by atoms with van der Waals surface area (Å²) in [6.07, 6.45) is 0.374. The largest absolute Gasteiger partial charge is 0.458 e. The van der Waals surface area contributed by atoms with E-state index in [-0.39, 0.29) is 29.3 Å². The maximum absolute atomic E-state index is 9.10. The number of nitrogens with zero attached hydrogens (tertiary/aromatic N) is 5. The molecule has 0 N–H and O–H groups in total. The summed E-state index contributed by atoms with van der Waals surface area (Å²) in [6, 6.07) is 33.9. The van der Waals surface area contributed by atoms with Crippen molar-refractivity contribution in [3.05, 3.63) is 157 Å². The zero-order valence-corrected chi connectivity index (χ0v) is 34.7. The predicted octanol–water partition coefficient (Wildman–Crippen LogP) is 12.7. The number of fused-ring (bicyclic) bond motifs is 3. The van der Waals surface area contributed by atoms with E-state index in [1.165, 1.54) is 9.13 Å². The van der Waals surface area contributed by atoms with E-state index >= 15 is 0 Å². The van der Waals surface area contributed by atoms with Crippen LogP contribution in [0.4, 0.5) is 0 Å². The summed E-state index contributed by atoms with van der Waals surface area (Å²) in [7, 11) is 0. The molecule has 0 unspecified atom stereocenters. The van der Waals surface area contributed by atoms with Crippen LogP contribution in [-0.2, 0) is 19.1 Å².